The van der Waals surface area contributed by atoms with E-state index >= 15 is 0 Å². The molecular formula is C26H23N3O3. The number of aryl methyl sites for hydroxylation is 3. The summed E-state index contributed by atoms with van der Waals surface area (Å²) < 4.78 is 11.8. The summed E-state index contributed by atoms with van der Waals surface area (Å²) in [5, 5.41) is 5.28. The fourth-order valence-electron chi connectivity index (χ4n) is 3.98. The van der Waals surface area contributed by atoms with Crippen molar-refractivity contribution in [2.45, 2.75) is 33.9 Å². The molecule has 0 aliphatic rings. The van der Waals surface area contributed by atoms with Crippen molar-refractivity contribution in [1.82, 2.24) is 15.3 Å². The van der Waals surface area contributed by atoms with Crippen molar-refractivity contribution in [3.8, 4) is 11.3 Å². The van der Waals surface area contributed by atoms with Gasteiger partial charge in [-0.25, -0.2) is 4.79 Å². The van der Waals surface area contributed by atoms with E-state index in [9.17, 15) is 4.79 Å². The summed E-state index contributed by atoms with van der Waals surface area (Å²) in [5.41, 5.74) is 6.64. The van der Waals surface area contributed by atoms with E-state index in [0.717, 1.165) is 49.9 Å². The smallest absolute Gasteiger partial charge is 0.336 e. The predicted molar refractivity (Wildman–Crippen MR) is 124 cm³/mol. The molecule has 0 fully saturated rings. The van der Waals surface area contributed by atoms with Crippen molar-refractivity contribution < 1.29 is 8.83 Å². The van der Waals surface area contributed by atoms with Gasteiger partial charge in [0.15, 0.2) is 5.58 Å². The van der Waals surface area contributed by atoms with Crippen molar-refractivity contribution in [1.29, 1.82) is 0 Å². The zero-order valence-corrected chi connectivity index (χ0v) is 18.2. The van der Waals surface area contributed by atoms with Crippen LogP contribution in [0.1, 0.15) is 27.9 Å². The summed E-state index contributed by atoms with van der Waals surface area (Å²) in [7, 11) is 0. The van der Waals surface area contributed by atoms with Crippen LogP contribution in [0.15, 0.2) is 68.6 Å². The third-order valence-electron chi connectivity index (χ3n) is 5.89. The number of furan rings is 1. The summed E-state index contributed by atoms with van der Waals surface area (Å²) in [6.07, 6.45) is 5.49. The van der Waals surface area contributed by atoms with E-state index in [0.29, 0.717) is 24.4 Å². The van der Waals surface area contributed by atoms with Gasteiger partial charge < -0.3 is 14.2 Å². The Kier molecular flexibility index (Phi) is 5.07. The van der Waals surface area contributed by atoms with E-state index < -0.39 is 5.63 Å². The van der Waals surface area contributed by atoms with E-state index in [1.165, 1.54) is 6.07 Å². The average molecular weight is 425 g/mol. The Morgan fingerprint density at radius 1 is 0.938 bits per heavy atom. The van der Waals surface area contributed by atoms with Crippen molar-refractivity contribution >= 4 is 21.9 Å². The molecule has 0 unspecified atom stereocenters. The summed E-state index contributed by atoms with van der Waals surface area (Å²) in [5.74, 6) is 0.630. The Morgan fingerprint density at radius 3 is 2.62 bits per heavy atom. The summed E-state index contributed by atoms with van der Waals surface area (Å²) in [4.78, 5) is 21.0. The fraction of sp³-hybridized carbons (Fsp3) is 0.192. The van der Waals surface area contributed by atoms with E-state index in [1.54, 1.807) is 6.20 Å². The van der Waals surface area contributed by atoms with E-state index in [1.807, 2.05) is 63.5 Å². The van der Waals surface area contributed by atoms with E-state index in [-0.39, 0.29) is 0 Å². The second-order valence-electron chi connectivity index (χ2n) is 8.05. The molecule has 0 atom stereocenters. The summed E-state index contributed by atoms with van der Waals surface area (Å²) >= 11 is 0. The number of hydrogen-bond donors (Lipinski definition) is 1. The number of nitrogens with zero attached hydrogens (tertiary/aromatic N) is 2. The molecule has 0 spiro atoms. The fourth-order valence-corrected chi connectivity index (χ4v) is 3.98. The zero-order chi connectivity index (χ0) is 22.2. The molecule has 32 heavy (non-hydrogen) atoms. The molecule has 6 nitrogen and oxygen atoms in total. The van der Waals surface area contributed by atoms with Gasteiger partial charge in [0, 0.05) is 54.1 Å². The number of aromatic nitrogens is 2. The van der Waals surface area contributed by atoms with Crippen LogP contribution in [0.4, 0.5) is 0 Å². The van der Waals surface area contributed by atoms with Gasteiger partial charge >= 0.3 is 5.63 Å². The van der Waals surface area contributed by atoms with Crippen LogP contribution >= 0.6 is 0 Å². The number of pyridine rings is 2. The summed E-state index contributed by atoms with van der Waals surface area (Å²) in [6, 6.07) is 11.5. The van der Waals surface area contributed by atoms with Crippen LogP contribution in [-0.2, 0) is 13.1 Å². The Bertz CT molecular complexity index is 1500. The molecule has 1 aromatic carbocycles. The van der Waals surface area contributed by atoms with Crippen LogP contribution in [0.5, 0.6) is 0 Å². The molecule has 6 heteroatoms. The van der Waals surface area contributed by atoms with Crippen molar-refractivity contribution in [3.05, 3.63) is 93.4 Å². The van der Waals surface area contributed by atoms with Crippen LogP contribution in [0.25, 0.3) is 33.3 Å². The van der Waals surface area contributed by atoms with Gasteiger partial charge in [-0.15, -0.1) is 0 Å². The maximum Gasteiger partial charge on any atom is 0.336 e. The second-order valence-corrected chi connectivity index (χ2v) is 8.05. The van der Waals surface area contributed by atoms with Crippen molar-refractivity contribution in [2.24, 2.45) is 0 Å². The lowest BCUT2D eigenvalue weighted by Gasteiger charge is -2.07. The van der Waals surface area contributed by atoms with Crippen LogP contribution in [0, 0.1) is 20.8 Å². The highest BCUT2D eigenvalue weighted by molar-refractivity contribution is 5.97. The van der Waals surface area contributed by atoms with Gasteiger partial charge in [0.25, 0.3) is 0 Å². The molecule has 0 saturated carbocycles. The van der Waals surface area contributed by atoms with Crippen LogP contribution in [0.3, 0.4) is 0 Å². The minimum absolute atomic E-state index is 0.394. The molecule has 0 saturated heterocycles. The third kappa shape index (κ3) is 3.59. The minimum atomic E-state index is -0.394. The van der Waals surface area contributed by atoms with Gasteiger partial charge in [-0.1, -0.05) is 18.2 Å². The first-order valence-electron chi connectivity index (χ1n) is 10.5. The lowest BCUT2D eigenvalue weighted by molar-refractivity contribution is 0.557. The van der Waals surface area contributed by atoms with Crippen LogP contribution in [-0.4, -0.2) is 9.97 Å². The highest BCUT2D eigenvalue weighted by Crippen LogP contribution is 2.35. The van der Waals surface area contributed by atoms with Gasteiger partial charge in [0.05, 0.1) is 5.69 Å². The Labute approximate surface area is 184 Å². The molecule has 0 aliphatic heterocycles. The molecule has 5 aromatic rings. The second kappa shape index (κ2) is 8.05. The maximum atomic E-state index is 12.3. The van der Waals surface area contributed by atoms with Crippen molar-refractivity contribution in [2.75, 3.05) is 0 Å². The first-order valence-corrected chi connectivity index (χ1v) is 10.5. The Balaban J connectivity index is 1.57. The summed E-state index contributed by atoms with van der Waals surface area (Å²) in [6.45, 7) is 7.23. The largest absolute Gasteiger partial charge is 0.454 e. The van der Waals surface area contributed by atoms with Crippen LogP contribution in [0.2, 0.25) is 0 Å². The number of hydrogen-bond acceptors (Lipinski definition) is 6. The molecule has 0 bridgehead atoms. The quantitative estimate of drug-likeness (QED) is 0.389. The molecule has 5 rings (SSSR count). The minimum Gasteiger partial charge on any atom is -0.454 e. The average Bonchev–Trinajstić information content (AvgIpc) is 3.25. The molecule has 0 radical (unpaired) electrons. The van der Waals surface area contributed by atoms with Crippen molar-refractivity contribution in [3.63, 3.8) is 0 Å². The van der Waals surface area contributed by atoms with Gasteiger partial charge in [-0.2, -0.15) is 0 Å². The zero-order valence-electron chi connectivity index (χ0n) is 18.2. The third-order valence-corrected chi connectivity index (χ3v) is 5.89. The highest BCUT2D eigenvalue weighted by Gasteiger charge is 2.17. The predicted octanol–water partition coefficient (Wildman–Crippen LogP) is 5.21. The van der Waals surface area contributed by atoms with E-state index in [2.05, 4.69) is 15.3 Å². The molecule has 160 valence electrons. The molecule has 4 heterocycles. The molecule has 1 N–H and O–H groups in total. The Hall–Kier alpha value is -3.77. The lowest BCUT2D eigenvalue weighted by atomic mass is 10.0. The first kappa shape index (κ1) is 20.2. The topological polar surface area (TPSA) is 81.2 Å². The number of rotatable bonds is 5. The standard InChI is InChI=1S/C26H23N3O3/c1-15-6-7-20-22(10-24(30)32-25(20)16(15)2)23-9-21-19(14-29-17(3)26(21)31-23)13-28-12-18-5-4-8-27-11-18/h4-11,14,28H,12-13H2,1-3H3. The number of benzene rings is 1. The number of nitrogens with one attached hydrogen (secondary N) is 1. The SMILES string of the molecule is Cc1ccc2c(-c3cc4c(CNCc5cccnc5)cnc(C)c4o3)cc(=O)oc2c1C. The van der Waals surface area contributed by atoms with Gasteiger partial charge in [-0.05, 0) is 55.2 Å². The highest BCUT2D eigenvalue weighted by atomic mass is 16.4. The van der Waals surface area contributed by atoms with Crippen LogP contribution < -0.4 is 10.9 Å². The van der Waals surface area contributed by atoms with Gasteiger partial charge in [-0.3, -0.25) is 9.97 Å². The molecular weight excluding hydrogens is 402 g/mol. The molecule has 0 aliphatic carbocycles. The maximum absolute atomic E-state index is 12.3. The molecule has 0 amide bonds. The van der Waals surface area contributed by atoms with Gasteiger partial charge in [0.2, 0.25) is 0 Å². The normalized spacial score (nSPS) is 11.5. The van der Waals surface area contributed by atoms with Gasteiger partial charge in [0.1, 0.15) is 11.3 Å². The van der Waals surface area contributed by atoms with E-state index in [4.69, 9.17) is 8.83 Å². The first-order chi connectivity index (χ1) is 15.5. The molecule has 4 aromatic heterocycles. The lowest BCUT2D eigenvalue weighted by Crippen LogP contribution is -2.13. The monoisotopic (exact) mass is 425 g/mol. The Morgan fingerprint density at radius 2 is 1.81 bits per heavy atom. The number of fused-ring (bicyclic) bond motifs is 2.